The number of allylic oxidation sites excluding steroid dienone is 2. The zero-order valence-corrected chi connectivity index (χ0v) is 10.0. The maximum Gasteiger partial charge on any atom is 0.305 e. The Bertz CT molecular complexity index is 209. The molecule has 0 atom stereocenters. The second kappa shape index (κ2) is 10.2. The van der Waals surface area contributed by atoms with E-state index < -0.39 is 0 Å². The van der Waals surface area contributed by atoms with E-state index in [-0.39, 0.29) is 11.9 Å². The third-order valence-electron chi connectivity index (χ3n) is 2.13. The summed E-state index contributed by atoms with van der Waals surface area (Å²) in [4.78, 5) is 21.5. The molecule has 0 radical (unpaired) electrons. The Morgan fingerprint density at radius 3 is 1.56 bits per heavy atom. The molecule has 16 heavy (non-hydrogen) atoms. The molecule has 0 aliphatic carbocycles. The van der Waals surface area contributed by atoms with Crippen LogP contribution in [0.2, 0.25) is 0 Å². The molecule has 0 aliphatic rings. The number of esters is 2. The van der Waals surface area contributed by atoms with E-state index in [0.29, 0.717) is 12.8 Å². The van der Waals surface area contributed by atoms with Gasteiger partial charge in [-0.3, -0.25) is 9.59 Å². The zero-order chi connectivity index (χ0) is 12.2. The molecule has 0 N–H and O–H groups in total. The van der Waals surface area contributed by atoms with Gasteiger partial charge in [0.1, 0.15) is 0 Å². The zero-order valence-electron chi connectivity index (χ0n) is 10.0. The summed E-state index contributed by atoms with van der Waals surface area (Å²) in [6, 6.07) is 0. The van der Waals surface area contributed by atoms with E-state index in [1.807, 2.05) is 12.2 Å². The number of unbranched alkanes of at least 4 members (excludes halogenated alkanes) is 2. The SMILES string of the molecule is COC(=O)CCC/C=C/CCCC(=O)OC. The van der Waals surface area contributed by atoms with Crippen molar-refractivity contribution in [2.24, 2.45) is 0 Å². The Morgan fingerprint density at radius 2 is 1.25 bits per heavy atom. The number of carbonyl (C=O) groups excluding carboxylic acids is 2. The molecule has 0 aliphatic heterocycles. The van der Waals surface area contributed by atoms with Crippen LogP contribution in [0.25, 0.3) is 0 Å². The minimum atomic E-state index is -0.168. The van der Waals surface area contributed by atoms with Crippen molar-refractivity contribution in [3.63, 3.8) is 0 Å². The second-order valence-corrected chi connectivity index (χ2v) is 3.41. The maximum atomic E-state index is 10.8. The summed E-state index contributed by atoms with van der Waals surface area (Å²) in [5, 5.41) is 0. The smallest absolute Gasteiger partial charge is 0.305 e. The fourth-order valence-electron chi connectivity index (χ4n) is 1.17. The Morgan fingerprint density at radius 1 is 0.875 bits per heavy atom. The second-order valence-electron chi connectivity index (χ2n) is 3.41. The van der Waals surface area contributed by atoms with E-state index in [1.54, 1.807) is 0 Å². The number of hydrogen-bond donors (Lipinski definition) is 0. The lowest BCUT2D eigenvalue weighted by Crippen LogP contribution is -1.99. The van der Waals surface area contributed by atoms with Crippen molar-refractivity contribution in [3.8, 4) is 0 Å². The van der Waals surface area contributed by atoms with Gasteiger partial charge in [-0.25, -0.2) is 0 Å². The molecule has 92 valence electrons. The van der Waals surface area contributed by atoms with Crippen LogP contribution in [0, 0.1) is 0 Å². The van der Waals surface area contributed by atoms with Crippen LogP contribution in [0.3, 0.4) is 0 Å². The summed E-state index contributed by atoms with van der Waals surface area (Å²) in [7, 11) is 2.79. The topological polar surface area (TPSA) is 52.6 Å². The van der Waals surface area contributed by atoms with Crippen LogP contribution in [-0.4, -0.2) is 26.2 Å². The minimum absolute atomic E-state index is 0.168. The van der Waals surface area contributed by atoms with Crippen LogP contribution >= 0.6 is 0 Å². The Hall–Kier alpha value is -1.32. The van der Waals surface area contributed by atoms with E-state index >= 15 is 0 Å². The molecule has 0 fully saturated rings. The molecule has 0 bridgehead atoms. The average molecular weight is 228 g/mol. The number of ether oxygens (including phenoxy) is 2. The Labute approximate surface area is 96.6 Å². The predicted molar refractivity (Wildman–Crippen MR) is 60.9 cm³/mol. The highest BCUT2D eigenvalue weighted by atomic mass is 16.5. The monoisotopic (exact) mass is 228 g/mol. The van der Waals surface area contributed by atoms with Crippen molar-refractivity contribution in [1.29, 1.82) is 0 Å². The lowest BCUT2D eigenvalue weighted by Gasteiger charge is -1.97. The fraction of sp³-hybridized carbons (Fsp3) is 0.667. The molecular weight excluding hydrogens is 208 g/mol. The summed E-state index contributed by atoms with van der Waals surface area (Å²) in [6.45, 7) is 0. The Balaban J connectivity index is 3.28. The van der Waals surface area contributed by atoms with E-state index in [1.165, 1.54) is 14.2 Å². The van der Waals surface area contributed by atoms with Crippen molar-refractivity contribution in [2.45, 2.75) is 38.5 Å². The minimum Gasteiger partial charge on any atom is -0.469 e. The van der Waals surface area contributed by atoms with Crippen LogP contribution in [-0.2, 0) is 19.1 Å². The average Bonchev–Trinajstić information content (AvgIpc) is 2.31. The molecule has 0 aromatic rings. The summed E-state index contributed by atoms with van der Waals surface area (Å²) in [5.41, 5.74) is 0. The van der Waals surface area contributed by atoms with Gasteiger partial charge in [0, 0.05) is 12.8 Å². The molecule has 0 spiro atoms. The van der Waals surface area contributed by atoms with Gasteiger partial charge in [0.25, 0.3) is 0 Å². The molecule has 0 aromatic heterocycles. The maximum absolute atomic E-state index is 10.8. The van der Waals surface area contributed by atoms with Crippen molar-refractivity contribution < 1.29 is 19.1 Å². The van der Waals surface area contributed by atoms with Crippen LogP contribution in [0.4, 0.5) is 0 Å². The fourth-order valence-corrected chi connectivity index (χ4v) is 1.17. The number of carbonyl (C=O) groups is 2. The number of methoxy groups -OCH3 is 2. The lowest BCUT2D eigenvalue weighted by atomic mass is 10.2. The first-order chi connectivity index (χ1) is 7.70. The van der Waals surface area contributed by atoms with Crippen molar-refractivity contribution in [3.05, 3.63) is 12.2 Å². The molecule has 0 aromatic carbocycles. The van der Waals surface area contributed by atoms with Gasteiger partial charge in [-0.15, -0.1) is 0 Å². The molecule has 0 unspecified atom stereocenters. The highest BCUT2D eigenvalue weighted by Crippen LogP contribution is 2.02. The van der Waals surface area contributed by atoms with Crippen molar-refractivity contribution in [2.75, 3.05) is 14.2 Å². The molecule has 0 amide bonds. The van der Waals surface area contributed by atoms with Gasteiger partial charge in [-0.1, -0.05) is 12.2 Å². The third kappa shape index (κ3) is 9.24. The van der Waals surface area contributed by atoms with Gasteiger partial charge in [0.15, 0.2) is 0 Å². The van der Waals surface area contributed by atoms with E-state index in [4.69, 9.17) is 0 Å². The Kier molecular flexibility index (Phi) is 9.36. The highest BCUT2D eigenvalue weighted by Gasteiger charge is 1.98. The van der Waals surface area contributed by atoms with Crippen LogP contribution in [0.1, 0.15) is 38.5 Å². The number of rotatable bonds is 8. The van der Waals surface area contributed by atoms with Crippen molar-refractivity contribution >= 4 is 11.9 Å². The van der Waals surface area contributed by atoms with Gasteiger partial charge in [0.2, 0.25) is 0 Å². The normalized spacial score (nSPS) is 10.4. The number of hydrogen-bond acceptors (Lipinski definition) is 4. The van der Waals surface area contributed by atoms with Gasteiger partial charge in [-0.05, 0) is 25.7 Å². The first-order valence-corrected chi connectivity index (χ1v) is 5.49. The van der Waals surface area contributed by atoms with E-state index in [9.17, 15) is 9.59 Å². The molecule has 0 saturated heterocycles. The molecule has 4 nitrogen and oxygen atoms in total. The highest BCUT2D eigenvalue weighted by molar-refractivity contribution is 5.69. The van der Waals surface area contributed by atoms with Crippen LogP contribution < -0.4 is 0 Å². The first kappa shape index (κ1) is 14.7. The standard InChI is InChI=1S/C12H20O4/c1-15-11(13)9-7-5-3-4-6-8-10-12(14)16-2/h3-4H,5-10H2,1-2H3/b4-3+. The van der Waals surface area contributed by atoms with Gasteiger partial charge >= 0.3 is 11.9 Å². The summed E-state index contributed by atoms with van der Waals surface area (Å²) < 4.78 is 9.04. The van der Waals surface area contributed by atoms with Gasteiger partial charge in [-0.2, -0.15) is 0 Å². The van der Waals surface area contributed by atoms with E-state index in [0.717, 1.165) is 25.7 Å². The van der Waals surface area contributed by atoms with Crippen LogP contribution in [0.15, 0.2) is 12.2 Å². The molecule has 0 rings (SSSR count). The summed E-state index contributed by atoms with van der Waals surface area (Å²) in [6.07, 6.45) is 8.33. The molecule has 0 heterocycles. The first-order valence-electron chi connectivity index (χ1n) is 5.49. The summed E-state index contributed by atoms with van der Waals surface area (Å²) in [5.74, 6) is -0.335. The predicted octanol–water partition coefficient (Wildman–Crippen LogP) is 2.23. The lowest BCUT2D eigenvalue weighted by molar-refractivity contribution is -0.141. The molecule has 4 heteroatoms. The largest absolute Gasteiger partial charge is 0.469 e. The van der Waals surface area contributed by atoms with Crippen LogP contribution in [0.5, 0.6) is 0 Å². The third-order valence-corrected chi connectivity index (χ3v) is 2.13. The van der Waals surface area contributed by atoms with Gasteiger partial charge < -0.3 is 9.47 Å². The quantitative estimate of drug-likeness (QED) is 0.363. The molecular formula is C12H20O4. The van der Waals surface area contributed by atoms with E-state index in [2.05, 4.69) is 9.47 Å². The summed E-state index contributed by atoms with van der Waals surface area (Å²) >= 11 is 0. The van der Waals surface area contributed by atoms with Crippen molar-refractivity contribution in [1.82, 2.24) is 0 Å². The van der Waals surface area contributed by atoms with Gasteiger partial charge in [0.05, 0.1) is 14.2 Å². The molecule has 0 saturated carbocycles.